The number of amides is 1. The van der Waals surface area contributed by atoms with Crippen LogP contribution in [-0.4, -0.2) is 51.7 Å². The van der Waals surface area contributed by atoms with E-state index >= 15 is 0 Å². The topological polar surface area (TPSA) is 92.5 Å². The van der Waals surface area contributed by atoms with Crippen LogP contribution < -0.4 is 10.5 Å². The van der Waals surface area contributed by atoms with E-state index < -0.39 is 10.0 Å². The molecule has 1 aromatic heterocycles. The van der Waals surface area contributed by atoms with Crippen molar-refractivity contribution < 1.29 is 13.2 Å². The Bertz CT molecular complexity index is 642. The highest BCUT2D eigenvalue weighted by Crippen LogP contribution is 2.30. The summed E-state index contributed by atoms with van der Waals surface area (Å²) in [4.78, 5) is 16.0. The van der Waals surface area contributed by atoms with Crippen molar-refractivity contribution in [3.8, 4) is 0 Å². The Kier molecular flexibility index (Phi) is 5.26. The first-order chi connectivity index (χ1) is 10.2. The Morgan fingerprint density at radius 1 is 1.50 bits per heavy atom. The molecule has 1 fully saturated rings. The smallest absolute Gasteiger partial charge is 0.263 e. The molecule has 0 aromatic carbocycles. The van der Waals surface area contributed by atoms with E-state index in [4.69, 9.17) is 5.73 Å². The lowest BCUT2D eigenvalue weighted by molar-refractivity contribution is 0.0781. The highest BCUT2D eigenvalue weighted by Gasteiger charge is 2.35. The van der Waals surface area contributed by atoms with Crippen LogP contribution in [0.15, 0.2) is 12.1 Å². The van der Waals surface area contributed by atoms with Crippen LogP contribution in [0.4, 0.5) is 0 Å². The summed E-state index contributed by atoms with van der Waals surface area (Å²) in [6, 6.07) is 3.71. The Hall–Kier alpha value is -0.960. The summed E-state index contributed by atoms with van der Waals surface area (Å²) in [7, 11) is -3.17. The van der Waals surface area contributed by atoms with Gasteiger partial charge in [0.2, 0.25) is 10.0 Å². The van der Waals surface area contributed by atoms with Gasteiger partial charge >= 0.3 is 0 Å². The van der Waals surface area contributed by atoms with Gasteiger partial charge in [-0.3, -0.25) is 4.79 Å². The van der Waals surface area contributed by atoms with Crippen molar-refractivity contribution in [3.05, 3.63) is 21.9 Å². The first kappa shape index (κ1) is 17.4. The van der Waals surface area contributed by atoms with E-state index in [2.05, 4.69) is 11.6 Å². The van der Waals surface area contributed by atoms with Gasteiger partial charge in [-0.1, -0.05) is 6.92 Å². The molecule has 8 heteroatoms. The Balaban J connectivity index is 1.92. The summed E-state index contributed by atoms with van der Waals surface area (Å²) >= 11 is 1.43. The van der Waals surface area contributed by atoms with Crippen molar-refractivity contribution in [2.75, 3.05) is 32.4 Å². The molecule has 1 saturated heterocycles. The number of nitrogens with one attached hydrogen (secondary N) is 1. The average molecular weight is 345 g/mol. The lowest BCUT2D eigenvalue weighted by atomic mass is 9.90. The minimum atomic E-state index is -3.17. The predicted octanol–water partition coefficient (Wildman–Crippen LogP) is 0.651. The van der Waals surface area contributed by atoms with Gasteiger partial charge in [-0.15, -0.1) is 11.3 Å². The van der Waals surface area contributed by atoms with E-state index in [1.165, 1.54) is 11.3 Å². The van der Waals surface area contributed by atoms with E-state index in [1.54, 1.807) is 0 Å². The second-order valence-corrected chi connectivity index (χ2v) is 9.18. The van der Waals surface area contributed by atoms with E-state index in [-0.39, 0.29) is 11.3 Å². The number of rotatable bonds is 6. The molecule has 2 rings (SSSR count). The summed E-state index contributed by atoms with van der Waals surface area (Å²) in [6.07, 6.45) is 2.66. The fourth-order valence-electron chi connectivity index (χ4n) is 2.51. The SMILES string of the molecule is CC1(CN)CCN(C(=O)c2ccc(CCNS(C)(=O)=O)s2)C1. The zero-order valence-electron chi connectivity index (χ0n) is 13.0. The number of thiophene rings is 1. The van der Waals surface area contributed by atoms with Gasteiger partial charge in [-0.25, -0.2) is 13.1 Å². The number of likely N-dealkylation sites (tertiary alicyclic amines) is 1. The van der Waals surface area contributed by atoms with Gasteiger partial charge in [0.1, 0.15) is 0 Å². The van der Waals surface area contributed by atoms with Gasteiger partial charge in [-0.05, 0) is 36.9 Å². The molecular weight excluding hydrogens is 322 g/mol. The van der Waals surface area contributed by atoms with Crippen LogP contribution in [0, 0.1) is 5.41 Å². The van der Waals surface area contributed by atoms with Crippen LogP contribution in [0.25, 0.3) is 0 Å². The van der Waals surface area contributed by atoms with Gasteiger partial charge in [0, 0.05) is 24.5 Å². The molecule has 1 amide bonds. The third kappa shape index (κ3) is 4.52. The third-order valence-electron chi connectivity index (χ3n) is 3.95. The molecule has 1 aromatic rings. The Labute approximate surface area is 135 Å². The van der Waals surface area contributed by atoms with Crippen LogP contribution in [-0.2, 0) is 16.4 Å². The summed E-state index contributed by atoms with van der Waals surface area (Å²) in [5.41, 5.74) is 5.79. The summed E-state index contributed by atoms with van der Waals surface area (Å²) in [5, 5.41) is 0. The van der Waals surface area contributed by atoms with Crippen molar-refractivity contribution in [3.63, 3.8) is 0 Å². The molecular formula is C14H23N3O3S2. The molecule has 0 spiro atoms. The molecule has 0 bridgehead atoms. The second-order valence-electron chi connectivity index (χ2n) is 6.17. The lowest BCUT2D eigenvalue weighted by Crippen LogP contribution is -2.34. The standard InChI is InChI=1S/C14H23N3O3S2/c1-14(9-15)6-8-17(10-14)13(18)12-4-3-11(21-12)5-7-16-22(2,19)20/h3-4,16H,5-10,15H2,1-2H3. The van der Waals surface area contributed by atoms with Crippen LogP contribution in [0.2, 0.25) is 0 Å². The quantitative estimate of drug-likeness (QED) is 0.792. The number of hydrogen-bond acceptors (Lipinski definition) is 5. The highest BCUT2D eigenvalue weighted by atomic mass is 32.2. The molecule has 0 saturated carbocycles. The maximum absolute atomic E-state index is 12.5. The summed E-state index contributed by atoms with van der Waals surface area (Å²) in [6.45, 7) is 4.49. The molecule has 124 valence electrons. The van der Waals surface area contributed by atoms with Gasteiger partial charge < -0.3 is 10.6 Å². The molecule has 6 nitrogen and oxygen atoms in total. The number of carbonyl (C=O) groups excluding carboxylic acids is 1. The average Bonchev–Trinajstić information content (AvgIpc) is 3.04. The number of hydrogen-bond donors (Lipinski definition) is 2. The summed E-state index contributed by atoms with van der Waals surface area (Å²) in [5.74, 6) is 0.0458. The van der Waals surface area contributed by atoms with Crippen molar-refractivity contribution in [1.29, 1.82) is 0 Å². The van der Waals surface area contributed by atoms with Gasteiger partial charge in [-0.2, -0.15) is 0 Å². The molecule has 0 aliphatic carbocycles. The number of nitrogens with zero attached hydrogens (tertiary/aromatic N) is 1. The maximum Gasteiger partial charge on any atom is 0.263 e. The predicted molar refractivity (Wildman–Crippen MR) is 88.6 cm³/mol. The molecule has 2 heterocycles. The molecule has 0 radical (unpaired) electrons. The monoisotopic (exact) mass is 345 g/mol. The van der Waals surface area contributed by atoms with Gasteiger partial charge in [0.25, 0.3) is 5.91 Å². The van der Waals surface area contributed by atoms with E-state index in [0.29, 0.717) is 30.9 Å². The zero-order chi connectivity index (χ0) is 16.4. The number of carbonyl (C=O) groups is 1. The molecule has 1 aliphatic heterocycles. The van der Waals surface area contributed by atoms with Crippen molar-refractivity contribution >= 4 is 27.3 Å². The molecule has 1 unspecified atom stereocenters. The Morgan fingerprint density at radius 2 is 2.23 bits per heavy atom. The highest BCUT2D eigenvalue weighted by molar-refractivity contribution is 7.88. The molecule has 22 heavy (non-hydrogen) atoms. The molecule has 1 aliphatic rings. The van der Waals surface area contributed by atoms with Gasteiger partial charge in [0.15, 0.2) is 0 Å². The van der Waals surface area contributed by atoms with Crippen molar-refractivity contribution in [1.82, 2.24) is 9.62 Å². The van der Waals surface area contributed by atoms with Crippen LogP contribution in [0.5, 0.6) is 0 Å². The molecule has 3 N–H and O–H groups in total. The first-order valence-corrected chi connectivity index (χ1v) is 9.96. The maximum atomic E-state index is 12.5. The van der Waals surface area contributed by atoms with E-state index in [0.717, 1.165) is 24.1 Å². The molecule has 1 atom stereocenters. The van der Waals surface area contributed by atoms with Gasteiger partial charge in [0.05, 0.1) is 11.1 Å². The summed E-state index contributed by atoms with van der Waals surface area (Å²) < 4.78 is 24.5. The fraction of sp³-hybridized carbons (Fsp3) is 0.643. The second kappa shape index (κ2) is 6.66. The zero-order valence-corrected chi connectivity index (χ0v) is 14.6. The minimum Gasteiger partial charge on any atom is -0.337 e. The normalized spacial score (nSPS) is 22.2. The lowest BCUT2D eigenvalue weighted by Gasteiger charge is -2.22. The number of sulfonamides is 1. The third-order valence-corrected chi connectivity index (χ3v) is 5.81. The Morgan fingerprint density at radius 3 is 2.82 bits per heavy atom. The van der Waals surface area contributed by atoms with Crippen LogP contribution in [0.3, 0.4) is 0 Å². The van der Waals surface area contributed by atoms with E-state index in [9.17, 15) is 13.2 Å². The van der Waals surface area contributed by atoms with E-state index in [1.807, 2.05) is 17.0 Å². The first-order valence-electron chi connectivity index (χ1n) is 7.25. The van der Waals surface area contributed by atoms with Crippen molar-refractivity contribution in [2.24, 2.45) is 11.1 Å². The van der Waals surface area contributed by atoms with Crippen LogP contribution >= 0.6 is 11.3 Å². The minimum absolute atomic E-state index is 0.0230. The van der Waals surface area contributed by atoms with Crippen LogP contribution in [0.1, 0.15) is 27.9 Å². The number of nitrogens with two attached hydrogens (primary N) is 1. The fourth-order valence-corrected chi connectivity index (χ4v) is 3.95. The van der Waals surface area contributed by atoms with Crippen molar-refractivity contribution in [2.45, 2.75) is 19.8 Å². The largest absolute Gasteiger partial charge is 0.337 e.